The van der Waals surface area contributed by atoms with Gasteiger partial charge in [-0.2, -0.15) is 15.6 Å². The summed E-state index contributed by atoms with van der Waals surface area (Å²) in [5.41, 5.74) is 0.967. The Morgan fingerprint density at radius 1 is 1.22 bits per heavy atom. The SMILES string of the molecule is CCCN(Cc1ccsc1)S(=O)(=O)c1ccc(-c2ccno2)o1. The number of hydrogen-bond acceptors (Lipinski definition) is 6. The van der Waals surface area contributed by atoms with Crippen LogP contribution in [0.25, 0.3) is 11.5 Å². The van der Waals surface area contributed by atoms with E-state index in [1.165, 1.54) is 16.6 Å². The maximum Gasteiger partial charge on any atom is 0.276 e. The Kier molecular flexibility index (Phi) is 4.65. The highest BCUT2D eigenvalue weighted by Gasteiger charge is 2.28. The molecule has 0 aromatic carbocycles. The molecule has 0 saturated carbocycles. The van der Waals surface area contributed by atoms with Crippen LogP contribution in [0.2, 0.25) is 0 Å². The van der Waals surface area contributed by atoms with Gasteiger partial charge in [0.25, 0.3) is 10.0 Å². The highest BCUT2D eigenvalue weighted by Crippen LogP contribution is 2.27. The minimum absolute atomic E-state index is 0.0902. The molecule has 0 saturated heterocycles. The third kappa shape index (κ3) is 3.39. The Morgan fingerprint density at radius 3 is 2.74 bits per heavy atom. The molecule has 0 amide bonds. The van der Waals surface area contributed by atoms with Crippen molar-refractivity contribution in [2.24, 2.45) is 0 Å². The van der Waals surface area contributed by atoms with Gasteiger partial charge in [0.1, 0.15) is 0 Å². The molecule has 0 spiro atoms. The van der Waals surface area contributed by atoms with Crippen LogP contribution in [0, 0.1) is 0 Å². The first-order valence-corrected chi connectivity index (χ1v) is 9.51. The molecule has 3 heterocycles. The summed E-state index contributed by atoms with van der Waals surface area (Å²) in [7, 11) is -3.70. The van der Waals surface area contributed by atoms with Crippen molar-refractivity contribution in [1.29, 1.82) is 0 Å². The molecule has 0 bridgehead atoms. The van der Waals surface area contributed by atoms with Crippen molar-refractivity contribution in [1.82, 2.24) is 9.46 Å². The molecule has 0 atom stereocenters. The first kappa shape index (κ1) is 16.0. The zero-order valence-electron chi connectivity index (χ0n) is 12.5. The van der Waals surface area contributed by atoms with Gasteiger partial charge in [-0.25, -0.2) is 8.42 Å². The van der Waals surface area contributed by atoms with E-state index in [1.54, 1.807) is 23.5 Å². The quantitative estimate of drug-likeness (QED) is 0.649. The summed E-state index contributed by atoms with van der Waals surface area (Å²) in [5.74, 6) is 0.736. The molecule has 23 heavy (non-hydrogen) atoms. The summed E-state index contributed by atoms with van der Waals surface area (Å²) in [6.07, 6.45) is 2.20. The van der Waals surface area contributed by atoms with E-state index in [2.05, 4.69) is 5.16 Å². The van der Waals surface area contributed by atoms with Gasteiger partial charge in [0.15, 0.2) is 5.76 Å². The molecule has 3 aromatic rings. The van der Waals surface area contributed by atoms with E-state index >= 15 is 0 Å². The lowest BCUT2D eigenvalue weighted by Gasteiger charge is -2.19. The Bertz CT molecular complexity index is 836. The van der Waals surface area contributed by atoms with Crippen LogP contribution in [0.3, 0.4) is 0 Å². The Labute approximate surface area is 138 Å². The van der Waals surface area contributed by atoms with Crippen molar-refractivity contribution in [2.45, 2.75) is 25.0 Å². The van der Waals surface area contributed by atoms with E-state index in [4.69, 9.17) is 8.94 Å². The second-order valence-electron chi connectivity index (χ2n) is 4.97. The lowest BCUT2D eigenvalue weighted by Crippen LogP contribution is -2.31. The predicted molar refractivity (Wildman–Crippen MR) is 86.4 cm³/mol. The number of sulfonamides is 1. The standard InChI is InChI=1S/C15H16N2O4S2/c1-2-8-17(10-12-6-9-22-11-12)23(18,19)15-4-3-13(20-15)14-5-7-16-21-14/h3-7,9,11H,2,8,10H2,1H3. The summed E-state index contributed by atoms with van der Waals surface area (Å²) in [4.78, 5) is 0. The molecule has 122 valence electrons. The van der Waals surface area contributed by atoms with Gasteiger partial charge in [-0.1, -0.05) is 12.1 Å². The third-order valence-corrected chi connectivity index (χ3v) is 5.72. The van der Waals surface area contributed by atoms with Gasteiger partial charge >= 0.3 is 0 Å². The number of furan rings is 1. The average Bonchev–Trinajstić information content (AvgIpc) is 3.27. The Morgan fingerprint density at radius 2 is 2.09 bits per heavy atom. The van der Waals surface area contributed by atoms with Gasteiger partial charge in [-0.3, -0.25) is 0 Å². The lowest BCUT2D eigenvalue weighted by atomic mass is 10.3. The van der Waals surface area contributed by atoms with E-state index in [-0.39, 0.29) is 5.09 Å². The van der Waals surface area contributed by atoms with Crippen molar-refractivity contribution in [3.63, 3.8) is 0 Å². The Balaban J connectivity index is 1.88. The molecule has 0 fully saturated rings. The number of aromatic nitrogens is 1. The van der Waals surface area contributed by atoms with E-state index in [0.717, 1.165) is 12.0 Å². The summed E-state index contributed by atoms with van der Waals surface area (Å²) in [5, 5.41) is 7.38. The van der Waals surface area contributed by atoms with Crippen LogP contribution < -0.4 is 0 Å². The lowest BCUT2D eigenvalue weighted by molar-refractivity contribution is 0.369. The van der Waals surface area contributed by atoms with Gasteiger partial charge in [0.05, 0.1) is 6.20 Å². The second-order valence-corrected chi connectivity index (χ2v) is 7.61. The van der Waals surface area contributed by atoms with Gasteiger partial charge < -0.3 is 8.94 Å². The van der Waals surface area contributed by atoms with E-state index in [0.29, 0.717) is 24.6 Å². The Hall–Kier alpha value is -1.90. The highest BCUT2D eigenvalue weighted by molar-refractivity contribution is 7.89. The zero-order valence-corrected chi connectivity index (χ0v) is 14.1. The fourth-order valence-corrected chi connectivity index (χ4v) is 4.27. The molecule has 0 aliphatic carbocycles. The second kappa shape index (κ2) is 6.69. The number of hydrogen-bond donors (Lipinski definition) is 0. The summed E-state index contributed by atoms with van der Waals surface area (Å²) in [6, 6.07) is 6.56. The van der Waals surface area contributed by atoms with Crippen molar-refractivity contribution < 1.29 is 17.4 Å². The van der Waals surface area contributed by atoms with Gasteiger partial charge in [-0.15, -0.1) is 0 Å². The molecular formula is C15H16N2O4S2. The van der Waals surface area contributed by atoms with Crippen molar-refractivity contribution in [2.75, 3.05) is 6.54 Å². The molecule has 0 unspecified atom stereocenters. The number of nitrogens with zero attached hydrogens (tertiary/aromatic N) is 2. The minimum atomic E-state index is -3.70. The predicted octanol–water partition coefficient (Wildman–Crippen LogP) is 3.60. The van der Waals surface area contributed by atoms with Crippen molar-refractivity contribution >= 4 is 21.4 Å². The summed E-state index contributed by atoms with van der Waals surface area (Å²) in [6.45, 7) is 2.70. The highest BCUT2D eigenvalue weighted by atomic mass is 32.2. The number of thiophene rings is 1. The maximum absolute atomic E-state index is 12.8. The van der Waals surface area contributed by atoms with Gasteiger partial charge in [0.2, 0.25) is 10.9 Å². The topological polar surface area (TPSA) is 76.6 Å². The van der Waals surface area contributed by atoms with E-state index in [9.17, 15) is 8.42 Å². The molecule has 0 aliphatic heterocycles. The van der Waals surface area contributed by atoms with Crippen LogP contribution in [0.1, 0.15) is 18.9 Å². The zero-order chi connectivity index (χ0) is 16.3. The van der Waals surface area contributed by atoms with Gasteiger partial charge in [-0.05, 0) is 40.9 Å². The fourth-order valence-electron chi connectivity index (χ4n) is 2.18. The van der Waals surface area contributed by atoms with Crippen LogP contribution in [0.15, 0.2) is 55.3 Å². The smallest absolute Gasteiger partial charge is 0.276 e. The molecule has 0 radical (unpaired) electrons. The van der Waals surface area contributed by atoms with Crippen LogP contribution in [-0.2, 0) is 16.6 Å². The van der Waals surface area contributed by atoms with E-state index in [1.807, 2.05) is 23.8 Å². The normalized spacial score (nSPS) is 12.1. The number of rotatable bonds is 7. The summed E-state index contributed by atoms with van der Waals surface area (Å²) >= 11 is 1.54. The van der Waals surface area contributed by atoms with Gasteiger partial charge in [0, 0.05) is 19.2 Å². The molecular weight excluding hydrogens is 336 g/mol. The molecule has 3 aromatic heterocycles. The monoisotopic (exact) mass is 352 g/mol. The fraction of sp³-hybridized carbons (Fsp3) is 0.267. The van der Waals surface area contributed by atoms with Crippen molar-refractivity contribution in [3.05, 3.63) is 46.8 Å². The summed E-state index contributed by atoms with van der Waals surface area (Å²) < 4.78 is 37.5. The molecule has 0 N–H and O–H groups in total. The minimum Gasteiger partial charge on any atom is -0.440 e. The van der Waals surface area contributed by atoms with Crippen LogP contribution >= 0.6 is 11.3 Å². The molecule has 3 rings (SSSR count). The first-order chi connectivity index (χ1) is 11.1. The molecule has 8 heteroatoms. The molecule has 6 nitrogen and oxygen atoms in total. The average molecular weight is 352 g/mol. The van der Waals surface area contributed by atoms with Crippen molar-refractivity contribution in [3.8, 4) is 11.5 Å². The maximum atomic E-state index is 12.8. The first-order valence-electron chi connectivity index (χ1n) is 7.13. The van der Waals surface area contributed by atoms with Crippen LogP contribution in [0.5, 0.6) is 0 Å². The van der Waals surface area contributed by atoms with E-state index < -0.39 is 10.0 Å². The van der Waals surface area contributed by atoms with Crippen LogP contribution in [0.4, 0.5) is 0 Å². The third-order valence-electron chi connectivity index (χ3n) is 3.27. The molecule has 0 aliphatic rings. The van der Waals surface area contributed by atoms with Crippen LogP contribution in [-0.4, -0.2) is 24.4 Å². The largest absolute Gasteiger partial charge is 0.440 e.